The number of amides is 1. The molecule has 1 heterocycles. The third-order valence-corrected chi connectivity index (χ3v) is 4.19. The lowest BCUT2D eigenvalue weighted by molar-refractivity contribution is -0.113. The maximum atomic E-state index is 11.2. The molecule has 3 nitrogen and oxygen atoms in total. The van der Waals surface area contributed by atoms with Crippen molar-refractivity contribution in [2.24, 2.45) is 0 Å². The van der Waals surface area contributed by atoms with Gasteiger partial charge in [-0.15, -0.1) is 11.8 Å². The summed E-state index contributed by atoms with van der Waals surface area (Å²) in [7, 11) is 0. The Morgan fingerprint density at radius 1 is 1.44 bits per heavy atom. The normalized spacial score (nSPS) is 20.6. The summed E-state index contributed by atoms with van der Waals surface area (Å²) < 4.78 is 0. The van der Waals surface area contributed by atoms with E-state index in [1.807, 2.05) is 12.1 Å². The average Bonchev–Trinajstić information content (AvgIpc) is 3.09. The first-order valence-corrected chi connectivity index (χ1v) is 6.20. The summed E-state index contributed by atoms with van der Waals surface area (Å²) in [6.45, 7) is 0. The maximum absolute atomic E-state index is 11.2. The minimum atomic E-state index is -0.239. The van der Waals surface area contributed by atoms with E-state index < -0.39 is 0 Å². The predicted molar refractivity (Wildman–Crippen MR) is 62.3 cm³/mol. The first-order valence-electron chi connectivity index (χ1n) is 5.22. The van der Waals surface area contributed by atoms with Crippen LogP contribution in [0.15, 0.2) is 23.1 Å². The van der Waals surface area contributed by atoms with E-state index in [0.717, 1.165) is 29.0 Å². The molecular weight excluding hydrogens is 220 g/mol. The number of thioether (sulfide) groups is 1. The van der Waals surface area contributed by atoms with Gasteiger partial charge < -0.3 is 5.32 Å². The molecule has 0 saturated heterocycles. The fraction of sp³-hybridized carbons (Fsp3) is 0.333. The lowest BCUT2D eigenvalue weighted by Gasteiger charge is -2.18. The van der Waals surface area contributed by atoms with Crippen LogP contribution < -0.4 is 5.32 Å². The van der Waals surface area contributed by atoms with Gasteiger partial charge in [0, 0.05) is 4.90 Å². The van der Waals surface area contributed by atoms with Crippen LogP contribution in [0.4, 0.5) is 5.69 Å². The summed E-state index contributed by atoms with van der Waals surface area (Å²) in [5, 5.41) is 12.0. The second-order valence-electron chi connectivity index (χ2n) is 4.24. The molecule has 1 N–H and O–H groups in total. The Balaban J connectivity index is 2.01. The Bertz CT molecular complexity index is 514. The molecule has 0 aromatic heterocycles. The second kappa shape index (κ2) is 3.26. The molecule has 1 aromatic carbocycles. The Hall–Kier alpha value is -1.47. The molecule has 0 radical (unpaired) electrons. The standard InChI is InChI=1S/C12H10N2OS/c13-7-12(3-4-12)8-1-2-9-10(5-8)16-6-11(15)14-9/h1-2,5H,3-4,6H2,(H,14,15). The summed E-state index contributed by atoms with van der Waals surface area (Å²) in [6, 6.07) is 8.31. The number of carbonyl (C=O) groups excluding carboxylic acids is 1. The quantitative estimate of drug-likeness (QED) is 0.805. The largest absolute Gasteiger partial charge is 0.324 e. The van der Waals surface area contributed by atoms with Crippen LogP contribution in [0.1, 0.15) is 18.4 Å². The third kappa shape index (κ3) is 1.40. The van der Waals surface area contributed by atoms with Gasteiger partial charge in [0.15, 0.2) is 0 Å². The van der Waals surface area contributed by atoms with Crippen LogP contribution in [-0.4, -0.2) is 11.7 Å². The highest BCUT2D eigenvalue weighted by Gasteiger charge is 2.45. The first kappa shape index (κ1) is 9.73. The molecule has 1 fully saturated rings. The molecular formula is C12H10N2OS. The van der Waals surface area contributed by atoms with Crippen LogP contribution in [0.25, 0.3) is 0 Å². The SMILES string of the molecule is N#CC1(c2ccc3c(c2)SCC(=O)N3)CC1. The van der Waals surface area contributed by atoms with Gasteiger partial charge in [0.05, 0.1) is 22.9 Å². The van der Waals surface area contributed by atoms with E-state index in [0.29, 0.717) is 5.75 Å². The van der Waals surface area contributed by atoms with Gasteiger partial charge >= 0.3 is 0 Å². The molecule has 1 aliphatic carbocycles. The Labute approximate surface area is 97.8 Å². The van der Waals surface area contributed by atoms with Gasteiger partial charge in [0.25, 0.3) is 0 Å². The number of hydrogen-bond donors (Lipinski definition) is 1. The van der Waals surface area contributed by atoms with Crippen LogP contribution in [0.2, 0.25) is 0 Å². The minimum absolute atomic E-state index is 0.0478. The van der Waals surface area contributed by atoms with Crippen LogP contribution in [-0.2, 0) is 10.2 Å². The van der Waals surface area contributed by atoms with Crippen molar-refractivity contribution in [3.63, 3.8) is 0 Å². The van der Waals surface area contributed by atoms with E-state index in [2.05, 4.69) is 17.5 Å². The molecule has 1 amide bonds. The second-order valence-corrected chi connectivity index (χ2v) is 5.26. The highest BCUT2D eigenvalue weighted by Crippen LogP contribution is 2.49. The molecule has 16 heavy (non-hydrogen) atoms. The van der Waals surface area contributed by atoms with E-state index in [-0.39, 0.29) is 11.3 Å². The molecule has 0 spiro atoms. The topological polar surface area (TPSA) is 52.9 Å². The lowest BCUT2D eigenvalue weighted by atomic mass is 9.97. The van der Waals surface area contributed by atoms with Gasteiger partial charge in [-0.2, -0.15) is 5.26 Å². The molecule has 0 atom stereocenters. The van der Waals surface area contributed by atoms with Crippen molar-refractivity contribution in [1.82, 2.24) is 0 Å². The third-order valence-electron chi connectivity index (χ3n) is 3.13. The number of fused-ring (bicyclic) bond motifs is 1. The predicted octanol–water partition coefficient (Wildman–Crippen LogP) is 2.29. The molecule has 1 aliphatic heterocycles. The zero-order chi connectivity index (χ0) is 11.2. The average molecular weight is 230 g/mol. The maximum Gasteiger partial charge on any atom is 0.234 e. The zero-order valence-corrected chi connectivity index (χ0v) is 9.43. The van der Waals surface area contributed by atoms with Crippen LogP contribution >= 0.6 is 11.8 Å². The Kier molecular flexibility index (Phi) is 1.98. The molecule has 4 heteroatoms. The van der Waals surface area contributed by atoms with Crippen LogP contribution in [0.5, 0.6) is 0 Å². The van der Waals surface area contributed by atoms with Gasteiger partial charge in [0.1, 0.15) is 0 Å². The fourth-order valence-corrected chi connectivity index (χ4v) is 2.81. The van der Waals surface area contributed by atoms with Crippen molar-refractivity contribution in [3.05, 3.63) is 23.8 Å². The van der Waals surface area contributed by atoms with E-state index in [1.54, 1.807) is 11.8 Å². The summed E-state index contributed by atoms with van der Waals surface area (Å²) >= 11 is 1.54. The van der Waals surface area contributed by atoms with Gasteiger partial charge in [-0.25, -0.2) is 0 Å². The summed E-state index contributed by atoms with van der Waals surface area (Å²) in [5.41, 5.74) is 1.73. The van der Waals surface area contributed by atoms with Crippen molar-refractivity contribution >= 4 is 23.4 Å². The molecule has 1 aromatic rings. The molecule has 3 rings (SSSR count). The number of anilines is 1. The number of nitrogens with zero attached hydrogens (tertiary/aromatic N) is 1. The van der Waals surface area contributed by atoms with Gasteiger partial charge in [-0.1, -0.05) is 6.07 Å². The number of nitriles is 1. The van der Waals surface area contributed by atoms with Crippen molar-refractivity contribution in [2.45, 2.75) is 23.2 Å². The van der Waals surface area contributed by atoms with E-state index in [9.17, 15) is 4.79 Å². The monoisotopic (exact) mass is 230 g/mol. The lowest BCUT2D eigenvalue weighted by Crippen LogP contribution is -2.19. The van der Waals surface area contributed by atoms with Crippen molar-refractivity contribution in [1.29, 1.82) is 5.26 Å². The Morgan fingerprint density at radius 3 is 2.94 bits per heavy atom. The fourth-order valence-electron chi connectivity index (χ4n) is 1.96. The van der Waals surface area contributed by atoms with Gasteiger partial charge in [-0.05, 0) is 30.5 Å². The highest BCUT2D eigenvalue weighted by molar-refractivity contribution is 8.00. The number of benzene rings is 1. The number of carbonyl (C=O) groups is 1. The molecule has 1 saturated carbocycles. The molecule has 0 bridgehead atoms. The number of rotatable bonds is 1. The first-order chi connectivity index (χ1) is 7.73. The van der Waals surface area contributed by atoms with E-state index in [1.165, 1.54) is 0 Å². The molecule has 80 valence electrons. The Morgan fingerprint density at radius 2 is 2.25 bits per heavy atom. The molecule has 2 aliphatic rings. The zero-order valence-electron chi connectivity index (χ0n) is 8.62. The minimum Gasteiger partial charge on any atom is -0.324 e. The van der Waals surface area contributed by atoms with Crippen molar-refractivity contribution < 1.29 is 4.79 Å². The van der Waals surface area contributed by atoms with E-state index in [4.69, 9.17) is 5.26 Å². The highest BCUT2D eigenvalue weighted by atomic mass is 32.2. The summed E-state index contributed by atoms with van der Waals surface area (Å²) in [5.74, 6) is 0.516. The van der Waals surface area contributed by atoms with E-state index >= 15 is 0 Å². The van der Waals surface area contributed by atoms with Crippen molar-refractivity contribution in [2.75, 3.05) is 11.1 Å². The van der Waals surface area contributed by atoms with Crippen LogP contribution in [0.3, 0.4) is 0 Å². The van der Waals surface area contributed by atoms with Gasteiger partial charge in [-0.3, -0.25) is 4.79 Å². The number of nitrogens with one attached hydrogen (secondary N) is 1. The number of hydrogen-bond acceptors (Lipinski definition) is 3. The summed E-state index contributed by atoms with van der Waals surface area (Å²) in [6.07, 6.45) is 1.92. The summed E-state index contributed by atoms with van der Waals surface area (Å²) in [4.78, 5) is 12.3. The molecule has 0 unspecified atom stereocenters. The van der Waals surface area contributed by atoms with Crippen molar-refractivity contribution in [3.8, 4) is 6.07 Å². The van der Waals surface area contributed by atoms with Crippen LogP contribution in [0, 0.1) is 11.3 Å². The van der Waals surface area contributed by atoms with Gasteiger partial charge in [0.2, 0.25) is 5.91 Å². The smallest absolute Gasteiger partial charge is 0.234 e.